The van der Waals surface area contributed by atoms with Gasteiger partial charge in [0.25, 0.3) is 5.91 Å². The molecule has 1 aliphatic carbocycles. The van der Waals surface area contributed by atoms with Crippen molar-refractivity contribution in [3.8, 4) is 5.75 Å². The molecule has 146 valence electrons. The molecule has 1 amide bonds. The Labute approximate surface area is 162 Å². The summed E-state index contributed by atoms with van der Waals surface area (Å²) >= 11 is 0. The van der Waals surface area contributed by atoms with Crippen LogP contribution in [-0.4, -0.2) is 34.9 Å². The van der Waals surface area contributed by atoms with Gasteiger partial charge >= 0.3 is 5.97 Å². The van der Waals surface area contributed by atoms with Gasteiger partial charge < -0.3 is 19.4 Å². The molecule has 1 aromatic carbocycles. The Morgan fingerprint density at radius 1 is 1.25 bits per heavy atom. The van der Waals surface area contributed by atoms with Crippen LogP contribution in [0, 0.1) is 13.8 Å². The van der Waals surface area contributed by atoms with E-state index < -0.39 is 18.0 Å². The van der Waals surface area contributed by atoms with E-state index in [-0.39, 0.29) is 18.8 Å². The number of esters is 1. The van der Waals surface area contributed by atoms with Gasteiger partial charge in [-0.2, -0.15) is 0 Å². The van der Waals surface area contributed by atoms with E-state index in [0.29, 0.717) is 23.0 Å². The average Bonchev–Trinajstić information content (AvgIpc) is 3.45. The van der Waals surface area contributed by atoms with Crippen LogP contribution >= 0.6 is 0 Å². The second-order valence-electron chi connectivity index (χ2n) is 7.27. The quantitative estimate of drug-likeness (QED) is 0.613. The van der Waals surface area contributed by atoms with Crippen LogP contribution < -0.4 is 10.1 Å². The van der Waals surface area contributed by atoms with Crippen LogP contribution in [0.1, 0.15) is 47.1 Å². The van der Waals surface area contributed by atoms with E-state index in [0.717, 1.165) is 24.2 Å². The fourth-order valence-electron chi connectivity index (χ4n) is 3.62. The fourth-order valence-corrected chi connectivity index (χ4v) is 3.62. The van der Waals surface area contributed by atoms with Crippen molar-refractivity contribution in [3.05, 3.63) is 47.3 Å². The number of rotatable bonds is 6. The molecule has 2 aliphatic rings. The molecule has 1 aliphatic heterocycles. The molecule has 0 bridgehead atoms. The second-order valence-corrected chi connectivity index (χ2v) is 7.27. The summed E-state index contributed by atoms with van der Waals surface area (Å²) < 4.78 is 12.9. The summed E-state index contributed by atoms with van der Waals surface area (Å²) in [4.78, 5) is 36.7. The van der Waals surface area contributed by atoms with Gasteiger partial charge in [0.05, 0.1) is 12.1 Å². The van der Waals surface area contributed by atoms with Gasteiger partial charge in [-0.1, -0.05) is 12.1 Å². The Hall–Kier alpha value is -3.09. The molecule has 2 aromatic rings. The molecule has 1 N–H and O–H groups in total. The lowest BCUT2D eigenvalue weighted by molar-refractivity contribution is -0.146. The van der Waals surface area contributed by atoms with Gasteiger partial charge in [0.2, 0.25) is 5.78 Å². The summed E-state index contributed by atoms with van der Waals surface area (Å²) in [5, 5.41) is 2.70. The van der Waals surface area contributed by atoms with Crippen LogP contribution in [0.4, 0.5) is 5.69 Å². The fraction of sp³-hybridized carbons (Fsp3) is 0.381. The number of Topliss-reactive ketones (excluding diaryl/α,β-unsaturated/α-hetero) is 1. The summed E-state index contributed by atoms with van der Waals surface area (Å²) in [5.41, 5.74) is 3.10. The average molecular weight is 382 g/mol. The molecular formula is C21H22N2O5. The first-order chi connectivity index (χ1) is 13.4. The zero-order valence-electron chi connectivity index (χ0n) is 15.9. The third kappa shape index (κ3) is 3.52. The SMILES string of the molecule is Cc1cc(C(=O)COC(=O)C[C@@H]2Oc3ccccc3NC2=O)c(C)n1C1CC1. The minimum atomic E-state index is -0.975. The van der Waals surface area contributed by atoms with Gasteiger partial charge in [-0.3, -0.25) is 14.4 Å². The molecule has 7 nitrogen and oxygen atoms in total. The number of hydrogen-bond acceptors (Lipinski definition) is 5. The second kappa shape index (κ2) is 7.14. The third-order valence-electron chi connectivity index (χ3n) is 5.12. The van der Waals surface area contributed by atoms with Crippen molar-refractivity contribution in [3.63, 3.8) is 0 Å². The van der Waals surface area contributed by atoms with Crippen molar-refractivity contribution in [2.45, 2.75) is 45.3 Å². The normalized spacial score (nSPS) is 18.1. The van der Waals surface area contributed by atoms with Crippen molar-refractivity contribution in [2.24, 2.45) is 0 Å². The van der Waals surface area contributed by atoms with Crippen molar-refractivity contribution in [2.75, 3.05) is 11.9 Å². The van der Waals surface area contributed by atoms with E-state index in [1.54, 1.807) is 24.3 Å². The Morgan fingerprint density at radius 3 is 2.75 bits per heavy atom. The minimum absolute atomic E-state index is 0.243. The summed E-state index contributed by atoms with van der Waals surface area (Å²) in [7, 11) is 0. The Balaban J connectivity index is 1.34. The molecule has 28 heavy (non-hydrogen) atoms. The standard InChI is InChI=1S/C21H22N2O5/c1-12-9-15(13(2)23(12)14-7-8-14)17(24)11-27-20(25)10-19-21(26)22-16-5-3-4-6-18(16)28-19/h3-6,9,14,19H,7-8,10-11H2,1-2H3,(H,22,26)/t19-/m0/s1. The predicted molar refractivity (Wildman–Crippen MR) is 102 cm³/mol. The molecule has 0 unspecified atom stereocenters. The first-order valence-corrected chi connectivity index (χ1v) is 9.38. The van der Waals surface area contributed by atoms with Gasteiger partial charge in [-0.05, 0) is 44.9 Å². The number of para-hydroxylation sites is 2. The molecule has 2 heterocycles. The van der Waals surface area contributed by atoms with Gasteiger partial charge in [0, 0.05) is 23.0 Å². The number of benzene rings is 1. The van der Waals surface area contributed by atoms with Crippen LogP contribution in [0.15, 0.2) is 30.3 Å². The van der Waals surface area contributed by atoms with Crippen LogP contribution in [0.5, 0.6) is 5.75 Å². The van der Waals surface area contributed by atoms with Crippen molar-refractivity contribution < 1.29 is 23.9 Å². The Kier molecular flexibility index (Phi) is 4.66. The van der Waals surface area contributed by atoms with Gasteiger partial charge in [-0.15, -0.1) is 0 Å². The van der Waals surface area contributed by atoms with E-state index in [2.05, 4.69) is 9.88 Å². The van der Waals surface area contributed by atoms with Crippen molar-refractivity contribution in [1.82, 2.24) is 4.57 Å². The Morgan fingerprint density at radius 2 is 2.00 bits per heavy atom. The summed E-state index contributed by atoms with van der Waals surface area (Å²) in [6, 6.07) is 9.32. The summed E-state index contributed by atoms with van der Waals surface area (Å²) in [5.74, 6) is -0.796. The molecule has 1 fully saturated rings. The first-order valence-electron chi connectivity index (χ1n) is 9.38. The van der Waals surface area contributed by atoms with Crippen LogP contribution in [0.3, 0.4) is 0 Å². The molecule has 1 atom stereocenters. The summed E-state index contributed by atoms with van der Waals surface area (Å²) in [6.07, 6.45) is 1.03. The molecular weight excluding hydrogens is 360 g/mol. The van der Waals surface area contributed by atoms with E-state index in [9.17, 15) is 14.4 Å². The lowest BCUT2D eigenvalue weighted by Gasteiger charge is -2.25. The zero-order valence-corrected chi connectivity index (χ0v) is 15.9. The lowest BCUT2D eigenvalue weighted by atomic mass is 10.1. The van der Waals surface area contributed by atoms with Gasteiger partial charge in [-0.25, -0.2) is 0 Å². The number of amides is 1. The highest BCUT2D eigenvalue weighted by Crippen LogP contribution is 2.38. The number of ketones is 1. The topological polar surface area (TPSA) is 86.6 Å². The lowest BCUT2D eigenvalue weighted by Crippen LogP contribution is -2.39. The van der Waals surface area contributed by atoms with E-state index in [1.807, 2.05) is 19.9 Å². The van der Waals surface area contributed by atoms with Crippen LogP contribution in [0.25, 0.3) is 0 Å². The highest BCUT2D eigenvalue weighted by molar-refractivity contribution is 6.01. The molecule has 7 heteroatoms. The predicted octanol–water partition coefficient (Wildman–Crippen LogP) is 2.96. The largest absolute Gasteiger partial charge is 0.478 e. The number of nitrogens with zero attached hydrogens (tertiary/aromatic N) is 1. The maximum atomic E-state index is 12.5. The first kappa shape index (κ1) is 18.3. The molecule has 0 saturated heterocycles. The molecule has 0 spiro atoms. The number of hydrogen-bond donors (Lipinski definition) is 1. The number of aromatic nitrogens is 1. The van der Waals surface area contributed by atoms with E-state index in [1.165, 1.54) is 0 Å². The smallest absolute Gasteiger partial charge is 0.310 e. The molecule has 1 aromatic heterocycles. The molecule has 1 saturated carbocycles. The number of ether oxygens (including phenoxy) is 2. The van der Waals surface area contributed by atoms with E-state index >= 15 is 0 Å². The number of carbonyl (C=O) groups is 3. The van der Waals surface area contributed by atoms with Crippen LogP contribution in [0.2, 0.25) is 0 Å². The van der Waals surface area contributed by atoms with Gasteiger partial charge in [0.15, 0.2) is 12.7 Å². The third-order valence-corrected chi connectivity index (χ3v) is 5.12. The number of fused-ring (bicyclic) bond motifs is 1. The van der Waals surface area contributed by atoms with Gasteiger partial charge in [0.1, 0.15) is 5.75 Å². The van der Waals surface area contributed by atoms with Crippen molar-refractivity contribution >= 4 is 23.3 Å². The van der Waals surface area contributed by atoms with E-state index in [4.69, 9.17) is 9.47 Å². The summed E-state index contributed by atoms with van der Waals surface area (Å²) in [6.45, 7) is 3.54. The number of carbonyl (C=O) groups excluding carboxylic acids is 3. The highest BCUT2D eigenvalue weighted by Gasteiger charge is 2.31. The number of nitrogens with one attached hydrogen (secondary N) is 1. The molecule has 4 rings (SSSR count). The zero-order chi connectivity index (χ0) is 19.8. The maximum Gasteiger partial charge on any atom is 0.310 e. The van der Waals surface area contributed by atoms with Crippen molar-refractivity contribution in [1.29, 1.82) is 0 Å². The number of anilines is 1. The maximum absolute atomic E-state index is 12.5. The monoisotopic (exact) mass is 382 g/mol. The minimum Gasteiger partial charge on any atom is -0.478 e. The Bertz CT molecular complexity index is 958. The van der Waals surface area contributed by atoms with Crippen LogP contribution in [-0.2, 0) is 14.3 Å². The molecule has 0 radical (unpaired) electrons. The highest BCUT2D eigenvalue weighted by atomic mass is 16.5. The number of aryl methyl sites for hydroxylation is 1.